The third kappa shape index (κ3) is 6.54. The molecule has 0 saturated carbocycles. The third-order valence-electron chi connectivity index (χ3n) is 6.43. The normalized spacial score (nSPS) is 16.3. The number of halogens is 11. The summed E-state index contributed by atoms with van der Waals surface area (Å²) in [5, 5.41) is 0. The monoisotopic (exact) mass is 613 g/mol. The predicted molar refractivity (Wildman–Crippen MR) is 124 cm³/mol. The molecule has 0 N–H and O–H groups in total. The van der Waals surface area contributed by atoms with Crippen molar-refractivity contribution < 1.29 is 62.6 Å². The molecule has 1 aliphatic rings. The molecular formula is C27H18F11NO3. The molecule has 3 aromatic carbocycles. The van der Waals surface area contributed by atoms with Crippen LogP contribution in [0.25, 0.3) is 11.1 Å². The highest BCUT2D eigenvalue weighted by Crippen LogP contribution is 2.42. The maximum atomic E-state index is 13.5. The zero-order valence-corrected chi connectivity index (χ0v) is 21.1. The van der Waals surface area contributed by atoms with E-state index in [0.29, 0.717) is 24.3 Å². The van der Waals surface area contributed by atoms with Crippen LogP contribution in [0, 0.1) is 0 Å². The van der Waals surface area contributed by atoms with Crippen molar-refractivity contribution in [1.29, 1.82) is 0 Å². The summed E-state index contributed by atoms with van der Waals surface area (Å²) in [6, 6.07) is 6.17. The van der Waals surface area contributed by atoms with Gasteiger partial charge >= 0.3 is 24.6 Å². The lowest BCUT2D eigenvalue weighted by Gasteiger charge is -2.20. The van der Waals surface area contributed by atoms with Gasteiger partial charge in [-0.1, -0.05) is 6.07 Å². The van der Waals surface area contributed by atoms with Crippen LogP contribution in [0.2, 0.25) is 0 Å². The molecule has 0 aromatic heterocycles. The number of carbonyl (C=O) groups excluding carboxylic acids is 1. The summed E-state index contributed by atoms with van der Waals surface area (Å²) in [6.07, 6.45) is -21.0. The number of alkyl halides is 11. The van der Waals surface area contributed by atoms with Gasteiger partial charge in [0.1, 0.15) is 11.9 Å². The predicted octanol–water partition coefficient (Wildman–Crippen LogP) is 9.05. The summed E-state index contributed by atoms with van der Waals surface area (Å²) in [7, 11) is 1.19. The van der Waals surface area contributed by atoms with E-state index in [0.717, 1.165) is 23.1 Å². The van der Waals surface area contributed by atoms with Gasteiger partial charge in [-0.15, -0.1) is 0 Å². The van der Waals surface area contributed by atoms with E-state index < -0.39 is 78.1 Å². The standard InChI is InChI=1S/C27H18F11NO3/c1-41-21-5-2-13(23(28)29)9-20(21)19-4-3-16(25(30,31)32)8-15(19)11-39-12-22(42-24(39)40)14-6-17(26(33,34)35)10-18(7-14)27(36,37)38/h2-10,22-23H,11-12H2,1H3. The first-order valence-electron chi connectivity index (χ1n) is 11.8. The fourth-order valence-electron chi connectivity index (χ4n) is 4.42. The Morgan fingerprint density at radius 2 is 1.40 bits per heavy atom. The maximum absolute atomic E-state index is 13.5. The quantitative estimate of drug-likeness (QED) is 0.261. The number of ether oxygens (including phenoxy) is 2. The largest absolute Gasteiger partial charge is 0.496 e. The average Bonchev–Trinajstić information content (AvgIpc) is 3.26. The molecule has 42 heavy (non-hydrogen) atoms. The Labute approximate surface area is 230 Å². The highest BCUT2D eigenvalue weighted by molar-refractivity contribution is 5.76. The molecule has 0 radical (unpaired) electrons. The summed E-state index contributed by atoms with van der Waals surface area (Å²) in [5.74, 6) is 0.00549. The van der Waals surface area contributed by atoms with E-state index in [1.807, 2.05) is 0 Å². The van der Waals surface area contributed by atoms with E-state index in [1.165, 1.54) is 13.2 Å². The molecule has 4 rings (SSSR count). The second kappa shape index (κ2) is 11.0. The van der Waals surface area contributed by atoms with Gasteiger partial charge in [0.25, 0.3) is 6.43 Å². The molecule has 3 aromatic rings. The van der Waals surface area contributed by atoms with Crippen molar-refractivity contribution in [3.05, 3.63) is 88.0 Å². The molecule has 1 heterocycles. The highest BCUT2D eigenvalue weighted by atomic mass is 19.4. The van der Waals surface area contributed by atoms with Crippen LogP contribution in [0.1, 0.15) is 45.9 Å². The molecular weight excluding hydrogens is 595 g/mol. The van der Waals surface area contributed by atoms with Crippen molar-refractivity contribution >= 4 is 6.09 Å². The molecule has 1 aliphatic heterocycles. The van der Waals surface area contributed by atoms with Crippen molar-refractivity contribution in [2.75, 3.05) is 13.7 Å². The number of rotatable bonds is 6. The van der Waals surface area contributed by atoms with Crippen LogP contribution in [0.4, 0.5) is 53.1 Å². The molecule has 1 amide bonds. The third-order valence-corrected chi connectivity index (χ3v) is 6.43. The summed E-state index contributed by atoms with van der Waals surface area (Å²) >= 11 is 0. The first-order chi connectivity index (χ1) is 19.4. The van der Waals surface area contributed by atoms with Crippen LogP contribution < -0.4 is 4.74 Å². The summed E-state index contributed by atoms with van der Waals surface area (Å²) in [5.41, 5.74) is -5.89. The Bertz CT molecular complexity index is 1450. The summed E-state index contributed by atoms with van der Waals surface area (Å²) in [4.78, 5) is 13.4. The van der Waals surface area contributed by atoms with Gasteiger partial charge in [0, 0.05) is 17.7 Å². The SMILES string of the molecule is COc1ccc(C(F)F)cc1-c1ccc(C(F)(F)F)cc1CN1CC(c2cc(C(F)(F)F)cc(C(F)(F)F)c2)OC1=O. The molecule has 15 heteroatoms. The van der Waals surface area contributed by atoms with E-state index in [-0.39, 0.29) is 28.5 Å². The van der Waals surface area contributed by atoms with Gasteiger partial charge in [-0.3, -0.25) is 4.90 Å². The first kappa shape index (κ1) is 30.9. The molecule has 0 bridgehead atoms. The molecule has 1 atom stereocenters. The van der Waals surface area contributed by atoms with Gasteiger partial charge < -0.3 is 9.47 Å². The number of methoxy groups -OCH3 is 1. The van der Waals surface area contributed by atoms with Crippen molar-refractivity contribution in [1.82, 2.24) is 4.90 Å². The van der Waals surface area contributed by atoms with Gasteiger partial charge in [0.15, 0.2) is 0 Å². The lowest BCUT2D eigenvalue weighted by Crippen LogP contribution is -2.24. The van der Waals surface area contributed by atoms with Crippen LogP contribution in [0.5, 0.6) is 5.75 Å². The van der Waals surface area contributed by atoms with E-state index in [2.05, 4.69) is 0 Å². The minimum atomic E-state index is -5.17. The zero-order valence-electron chi connectivity index (χ0n) is 21.1. The van der Waals surface area contributed by atoms with Gasteiger partial charge in [0.05, 0.1) is 30.3 Å². The number of carbonyl (C=O) groups is 1. The minimum Gasteiger partial charge on any atom is -0.496 e. The van der Waals surface area contributed by atoms with Crippen LogP contribution in [-0.4, -0.2) is 24.6 Å². The van der Waals surface area contributed by atoms with Crippen LogP contribution in [0.15, 0.2) is 54.6 Å². The minimum absolute atomic E-state index is 0.00549. The lowest BCUT2D eigenvalue weighted by atomic mass is 9.94. The number of nitrogens with zero attached hydrogens (tertiary/aromatic N) is 1. The second-order valence-electron chi connectivity index (χ2n) is 9.22. The second-order valence-corrected chi connectivity index (χ2v) is 9.22. The van der Waals surface area contributed by atoms with E-state index in [1.54, 1.807) is 0 Å². The Morgan fingerprint density at radius 3 is 1.93 bits per heavy atom. The van der Waals surface area contributed by atoms with Gasteiger partial charge in [0.2, 0.25) is 0 Å². The molecule has 0 spiro atoms. The van der Waals surface area contributed by atoms with Crippen LogP contribution in [0.3, 0.4) is 0 Å². The zero-order chi connectivity index (χ0) is 31.2. The van der Waals surface area contributed by atoms with E-state index in [9.17, 15) is 53.1 Å². The molecule has 1 fully saturated rings. The summed E-state index contributed by atoms with van der Waals surface area (Å²) < 4.78 is 157. The number of benzene rings is 3. The van der Waals surface area contributed by atoms with E-state index >= 15 is 0 Å². The topological polar surface area (TPSA) is 38.8 Å². The Hall–Kier alpha value is -4.04. The summed E-state index contributed by atoms with van der Waals surface area (Å²) in [6.45, 7) is -1.29. The Balaban J connectivity index is 1.75. The Morgan fingerprint density at radius 1 is 0.810 bits per heavy atom. The van der Waals surface area contributed by atoms with Crippen LogP contribution >= 0.6 is 0 Å². The molecule has 4 nitrogen and oxygen atoms in total. The highest BCUT2D eigenvalue weighted by Gasteiger charge is 2.40. The van der Waals surface area contributed by atoms with Crippen molar-refractivity contribution in [3.63, 3.8) is 0 Å². The van der Waals surface area contributed by atoms with E-state index in [4.69, 9.17) is 9.47 Å². The average molecular weight is 613 g/mol. The molecule has 226 valence electrons. The fourth-order valence-corrected chi connectivity index (χ4v) is 4.42. The van der Waals surface area contributed by atoms with Gasteiger partial charge in [-0.2, -0.15) is 39.5 Å². The Kier molecular flexibility index (Phi) is 8.08. The fraction of sp³-hybridized carbons (Fsp3) is 0.296. The van der Waals surface area contributed by atoms with Crippen molar-refractivity contribution in [2.24, 2.45) is 0 Å². The first-order valence-corrected chi connectivity index (χ1v) is 11.8. The number of cyclic esters (lactones) is 1. The molecule has 0 aliphatic carbocycles. The van der Waals surface area contributed by atoms with Gasteiger partial charge in [-0.25, -0.2) is 13.6 Å². The van der Waals surface area contributed by atoms with Crippen molar-refractivity contribution in [3.8, 4) is 16.9 Å². The smallest absolute Gasteiger partial charge is 0.416 e. The number of hydrogen-bond donors (Lipinski definition) is 0. The molecule has 1 saturated heterocycles. The lowest BCUT2D eigenvalue weighted by molar-refractivity contribution is -0.143. The number of hydrogen-bond acceptors (Lipinski definition) is 3. The van der Waals surface area contributed by atoms with Gasteiger partial charge in [-0.05, 0) is 65.2 Å². The maximum Gasteiger partial charge on any atom is 0.416 e. The molecule has 1 unspecified atom stereocenters. The number of amides is 1. The van der Waals surface area contributed by atoms with Crippen molar-refractivity contribution in [2.45, 2.75) is 37.6 Å². The van der Waals surface area contributed by atoms with Crippen LogP contribution in [-0.2, 0) is 29.8 Å².